The first-order valence-corrected chi connectivity index (χ1v) is 12.9. The van der Waals surface area contributed by atoms with E-state index in [1.54, 1.807) is 0 Å². The van der Waals surface area contributed by atoms with Crippen LogP contribution in [0.25, 0.3) is 74.4 Å². The normalized spacial score (nSPS) is 12.0. The number of fused-ring (bicyclic) bond motifs is 11. The van der Waals surface area contributed by atoms with Crippen molar-refractivity contribution in [3.05, 3.63) is 121 Å². The molecule has 0 fully saturated rings. The Labute approximate surface area is 206 Å². The first kappa shape index (κ1) is 19.1. The van der Waals surface area contributed by atoms with E-state index < -0.39 is 0 Å². The summed E-state index contributed by atoms with van der Waals surface area (Å²) < 4.78 is 2.71. The van der Waals surface area contributed by atoms with Crippen molar-refractivity contribution in [3.63, 3.8) is 0 Å². The topological polar surface area (TPSA) is 0 Å². The molecular weight excluding hydrogens is 440 g/mol. The third-order valence-corrected chi connectivity index (χ3v) is 8.66. The summed E-state index contributed by atoms with van der Waals surface area (Å²) in [6.07, 6.45) is 0. The summed E-state index contributed by atoms with van der Waals surface area (Å²) in [4.78, 5) is 0. The minimum absolute atomic E-state index is 1.31. The fraction of sp³-hybridized carbons (Fsp3) is 0. The van der Waals surface area contributed by atoms with Crippen LogP contribution < -0.4 is 0 Å². The van der Waals surface area contributed by atoms with Gasteiger partial charge in [0.15, 0.2) is 0 Å². The van der Waals surface area contributed by atoms with Crippen molar-refractivity contribution in [2.24, 2.45) is 0 Å². The molecule has 0 spiro atoms. The molecule has 162 valence electrons. The van der Waals surface area contributed by atoms with E-state index in [4.69, 9.17) is 0 Å². The van der Waals surface area contributed by atoms with Crippen LogP contribution >= 0.6 is 11.3 Å². The van der Waals surface area contributed by atoms with Gasteiger partial charge in [0.25, 0.3) is 0 Å². The summed E-state index contributed by atoms with van der Waals surface area (Å²) in [6.45, 7) is 0. The Bertz CT molecular complexity index is 2110. The van der Waals surface area contributed by atoms with Gasteiger partial charge in [-0.05, 0) is 60.8 Å². The molecule has 7 aromatic carbocycles. The molecule has 0 saturated heterocycles. The molecule has 0 aliphatic carbocycles. The summed E-state index contributed by atoms with van der Waals surface area (Å²) >= 11 is 1.90. The lowest BCUT2D eigenvalue weighted by Crippen LogP contribution is -1.88. The highest BCUT2D eigenvalue weighted by Gasteiger charge is 2.17. The maximum atomic E-state index is 2.45. The Hall–Kier alpha value is -4.20. The molecule has 0 atom stereocenters. The molecule has 0 unspecified atom stereocenters. The van der Waals surface area contributed by atoms with Gasteiger partial charge in [-0.15, -0.1) is 11.3 Å². The summed E-state index contributed by atoms with van der Waals surface area (Å²) in [6, 6.07) is 44.7. The van der Waals surface area contributed by atoms with E-state index in [0.29, 0.717) is 0 Å². The predicted molar refractivity (Wildman–Crippen MR) is 155 cm³/mol. The Morgan fingerprint density at radius 1 is 0.343 bits per heavy atom. The summed E-state index contributed by atoms with van der Waals surface area (Å²) in [7, 11) is 0. The molecule has 0 amide bonds. The van der Waals surface area contributed by atoms with Gasteiger partial charge in [0.05, 0.1) is 0 Å². The number of hydrogen-bond donors (Lipinski definition) is 0. The molecule has 0 aliphatic rings. The molecule has 0 saturated carbocycles. The van der Waals surface area contributed by atoms with Gasteiger partial charge in [-0.2, -0.15) is 0 Å². The summed E-state index contributed by atoms with van der Waals surface area (Å²) in [5, 5.41) is 13.3. The largest absolute Gasteiger partial charge is 0.135 e. The van der Waals surface area contributed by atoms with Gasteiger partial charge in [-0.3, -0.25) is 0 Å². The highest BCUT2D eigenvalue weighted by atomic mass is 32.1. The molecule has 1 heterocycles. The molecule has 0 N–H and O–H groups in total. The number of thiophene rings is 1. The molecule has 35 heavy (non-hydrogen) atoms. The first-order chi connectivity index (χ1) is 17.4. The minimum Gasteiger partial charge on any atom is -0.135 e. The van der Waals surface area contributed by atoms with Crippen molar-refractivity contribution in [3.8, 4) is 11.1 Å². The van der Waals surface area contributed by atoms with Crippen LogP contribution in [0.1, 0.15) is 0 Å². The van der Waals surface area contributed by atoms with Crippen LogP contribution in [0.5, 0.6) is 0 Å². The first-order valence-electron chi connectivity index (χ1n) is 12.0. The van der Waals surface area contributed by atoms with E-state index in [9.17, 15) is 0 Å². The summed E-state index contributed by atoms with van der Waals surface area (Å²) in [5.41, 5.74) is 2.63. The van der Waals surface area contributed by atoms with Crippen molar-refractivity contribution >= 4 is 74.6 Å². The number of rotatable bonds is 1. The second-order valence-corrected chi connectivity index (χ2v) is 10.3. The fourth-order valence-electron chi connectivity index (χ4n) is 5.95. The third-order valence-electron chi connectivity index (χ3n) is 7.44. The van der Waals surface area contributed by atoms with Gasteiger partial charge < -0.3 is 0 Å². The number of hydrogen-bond acceptors (Lipinski definition) is 1. The van der Waals surface area contributed by atoms with Crippen molar-refractivity contribution < 1.29 is 0 Å². The van der Waals surface area contributed by atoms with E-state index in [1.165, 1.54) is 74.4 Å². The Morgan fingerprint density at radius 3 is 1.60 bits per heavy atom. The van der Waals surface area contributed by atoms with Crippen molar-refractivity contribution in [2.45, 2.75) is 0 Å². The van der Waals surface area contributed by atoms with Crippen LogP contribution in [0, 0.1) is 0 Å². The molecule has 1 heteroatoms. The van der Waals surface area contributed by atoms with Gasteiger partial charge in [-0.25, -0.2) is 0 Å². The van der Waals surface area contributed by atoms with Gasteiger partial charge >= 0.3 is 0 Å². The van der Waals surface area contributed by atoms with Crippen LogP contribution in [0.3, 0.4) is 0 Å². The molecule has 8 aromatic rings. The third kappa shape index (κ3) is 2.62. The average molecular weight is 461 g/mol. The van der Waals surface area contributed by atoms with Crippen LogP contribution in [0.15, 0.2) is 121 Å². The lowest BCUT2D eigenvalue weighted by molar-refractivity contribution is 1.74. The van der Waals surface area contributed by atoms with Crippen LogP contribution in [-0.2, 0) is 0 Å². The van der Waals surface area contributed by atoms with E-state index in [-0.39, 0.29) is 0 Å². The Kier molecular flexibility index (Phi) is 3.91. The van der Waals surface area contributed by atoms with E-state index in [2.05, 4.69) is 121 Å². The zero-order valence-corrected chi connectivity index (χ0v) is 19.8. The van der Waals surface area contributed by atoms with Crippen molar-refractivity contribution in [1.82, 2.24) is 0 Å². The second-order valence-electron chi connectivity index (χ2n) is 9.26. The smallest absolute Gasteiger partial charge is 0.0434 e. The molecule has 0 radical (unpaired) electrons. The lowest BCUT2D eigenvalue weighted by atomic mass is 9.87. The van der Waals surface area contributed by atoms with Crippen molar-refractivity contribution in [1.29, 1.82) is 0 Å². The average Bonchev–Trinajstić information content (AvgIpc) is 3.31. The quantitative estimate of drug-likeness (QED) is 0.214. The molecule has 0 nitrogen and oxygen atoms in total. The monoisotopic (exact) mass is 460 g/mol. The maximum Gasteiger partial charge on any atom is 0.0434 e. The van der Waals surface area contributed by atoms with Gasteiger partial charge in [0.1, 0.15) is 0 Å². The Balaban J connectivity index is 1.62. The van der Waals surface area contributed by atoms with Crippen LogP contribution in [0.4, 0.5) is 0 Å². The number of benzene rings is 7. The maximum absolute atomic E-state index is 2.45. The van der Waals surface area contributed by atoms with Crippen molar-refractivity contribution in [2.75, 3.05) is 0 Å². The lowest BCUT2D eigenvalue weighted by Gasteiger charge is -2.16. The zero-order valence-electron chi connectivity index (χ0n) is 19.0. The molecular formula is C34H20S. The van der Waals surface area contributed by atoms with Crippen LogP contribution in [-0.4, -0.2) is 0 Å². The summed E-state index contributed by atoms with van der Waals surface area (Å²) in [5.74, 6) is 0. The van der Waals surface area contributed by atoms with E-state index in [0.717, 1.165) is 0 Å². The van der Waals surface area contributed by atoms with E-state index in [1.807, 2.05) is 11.3 Å². The standard InChI is InChI=1S/C34H20S/c1-2-12-23-21(10-1)22-11-3-5-15-26(22)33-27-16-6-4-13-24(27)30(20-31(23)33)29-18-9-17-28-25-14-7-8-19-32(25)35-34(28)29/h1-20H. The van der Waals surface area contributed by atoms with E-state index >= 15 is 0 Å². The molecule has 0 aliphatic heterocycles. The minimum atomic E-state index is 1.31. The Morgan fingerprint density at radius 2 is 0.857 bits per heavy atom. The highest BCUT2D eigenvalue weighted by molar-refractivity contribution is 7.26. The highest BCUT2D eigenvalue weighted by Crippen LogP contribution is 2.46. The SMILES string of the molecule is c1ccc2c(c1)sc1c(-c3cc4c5ccccc5c5ccccc5c4c4ccccc34)cccc12. The van der Waals surface area contributed by atoms with Gasteiger partial charge in [-0.1, -0.05) is 109 Å². The second kappa shape index (κ2) is 7.15. The van der Waals surface area contributed by atoms with Gasteiger partial charge in [0, 0.05) is 25.7 Å². The predicted octanol–water partition coefficient (Wildman–Crippen LogP) is 10.3. The van der Waals surface area contributed by atoms with Crippen LogP contribution in [0.2, 0.25) is 0 Å². The molecule has 0 bridgehead atoms. The molecule has 8 rings (SSSR count). The fourth-order valence-corrected chi connectivity index (χ4v) is 7.18. The van der Waals surface area contributed by atoms with Gasteiger partial charge in [0.2, 0.25) is 0 Å². The zero-order chi connectivity index (χ0) is 22.9. The molecule has 1 aromatic heterocycles.